The van der Waals surface area contributed by atoms with Gasteiger partial charge in [0, 0.05) is 32.4 Å². The van der Waals surface area contributed by atoms with Crippen LogP contribution in [0.15, 0.2) is 12.2 Å². The molecule has 0 heterocycles. The van der Waals surface area contributed by atoms with E-state index >= 15 is 0 Å². The second-order valence-electron chi connectivity index (χ2n) is 3.38. The molecule has 0 spiro atoms. The predicted octanol–water partition coefficient (Wildman–Crippen LogP) is -0.494. The van der Waals surface area contributed by atoms with Gasteiger partial charge in [-0.2, -0.15) is 0 Å². The minimum absolute atomic E-state index is 0.342. The lowest BCUT2D eigenvalue weighted by atomic mass is 10.4. The van der Waals surface area contributed by atoms with E-state index in [4.69, 9.17) is 14.6 Å². The Morgan fingerprint density at radius 3 is 2.53 bits per heavy atom. The van der Waals surface area contributed by atoms with Crippen molar-refractivity contribution in [2.75, 3.05) is 33.5 Å². The highest BCUT2D eigenvalue weighted by molar-refractivity contribution is 6.02. The summed E-state index contributed by atoms with van der Waals surface area (Å²) in [5.41, 5.74) is 0. The van der Waals surface area contributed by atoms with Gasteiger partial charge in [0.25, 0.3) is 5.91 Å². The summed E-state index contributed by atoms with van der Waals surface area (Å²) >= 11 is 0. The van der Waals surface area contributed by atoms with Crippen molar-refractivity contribution in [2.45, 2.75) is 6.42 Å². The fourth-order valence-corrected chi connectivity index (χ4v) is 0.965. The van der Waals surface area contributed by atoms with E-state index in [-0.39, 0.29) is 0 Å². The Labute approximate surface area is 110 Å². The van der Waals surface area contributed by atoms with Crippen molar-refractivity contribution >= 4 is 17.9 Å². The van der Waals surface area contributed by atoms with Crippen molar-refractivity contribution in [1.29, 1.82) is 0 Å². The van der Waals surface area contributed by atoms with Gasteiger partial charge in [-0.05, 0) is 6.42 Å². The number of nitrogens with one attached hydrogen (secondary N) is 2. The average molecular weight is 274 g/mol. The topological polar surface area (TPSA) is 114 Å². The normalized spacial score (nSPS) is 10.4. The van der Waals surface area contributed by atoms with Crippen LogP contribution in [0.25, 0.3) is 0 Å². The fraction of sp³-hybridized carbons (Fsp3) is 0.545. The lowest BCUT2D eigenvalue weighted by molar-refractivity contribution is -0.131. The van der Waals surface area contributed by atoms with Crippen LogP contribution in [0.5, 0.6) is 0 Å². The highest BCUT2D eigenvalue weighted by Gasteiger charge is 2.03. The van der Waals surface area contributed by atoms with Crippen LogP contribution in [0.2, 0.25) is 0 Å². The van der Waals surface area contributed by atoms with Crippen molar-refractivity contribution in [2.24, 2.45) is 0 Å². The van der Waals surface area contributed by atoms with Crippen LogP contribution in [0, 0.1) is 0 Å². The first kappa shape index (κ1) is 17.1. The monoisotopic (exact) mass is 274 g/mol. The number of amides is 3. The van der Waals surface area contributed by atoms with Crippen molar-refractivity contribution in [3.05, 3.63) is 12.2 Å². The standard InChI is InChI=1S/C11H18N2O6/c1-18-7-8-19-6-2-5-12-11(17)13-9(14)3-4-10(15)16/h3-4H,2,5-8H2,1H3,(H,15,16)(H2,12,13,14,17)/b4-3+. The largest absolute Gasteiger partial charge is 0.478 e. The van der Waals surface area contributed by atoms with Crippen LogP contribution >= 0.6 is 0 Å². The minimum atomic E-state index is -1.26. The van der Waals surface area contributed by atoms with Crippen LogP contribution in [0.4, 0.5) is 4.79 Å². The summed E-state index contributed by atoms with van der Waals surface area (Å²) in [7, 11) is 1.57. The zero-order valence-electron chi connectivity index (χ0n) is 10.7. The second-order valence-corrected chi connectivity index (χ2v) is 3.38. The minimum Gasteiger partial charge on any atom is -0.478 e. The number of ether oxygens (including phenoxy) is 2. The van der Waals surface area contributed by atoms with Gasteiger partial charge in [0.1, 0.15) is 0 Å². The number of carboxylic acid groups (broad SMARTS) is 1. The summed E-state index contributed by atoms with van der Waals surface area (Å²) in [5.74, 6) is -2.06. The third kappa shape index (κ3) is 12.3. The average Bonchev–Trinajstić information content (AvgIpc) is 2.35. The Balaban J connectivity index is 3.54. The summed E-state index contributed by atoms with van der Waals surface area (Å²) in [4.78, 5) is 32.3. The van der Waals surface area contributed by atoms with Gasteiger partial charge in [0.05, 0.1) is 13.2 Å². The fourth-order valence-electron chi connectivity index (χ4n) is 0.965. The number of aliphatic carboxylic acids is 1. The van der Waals surface area contributed by atoms with Crippen molar-refractivity contribution in [3.8, 4) is 0 Å². The van der Waals surface area contributed by atoms with Gasteiger partial charge in [-0.3, -0.25) is 10.1 Å². The smallest absolute Gasteiger partial charge is 0.328 e. The number of methoxy groups -OCH3 is 1. The summed E-state index contributed by atoms with van der Waals surface area (Å²) in [6.45, 7) is 1.81. The number of carbonyl (C=O) groups excluding carboxylic acids is 2. The maximum atomic E-state index is 11.1. The molecule has 0 saturated carbocycles. The lowest BCUT2D eigenvalue weighted by Gasteiger charge is -2.05. The molecule has 3 N–H and O–H groups in total. The third-order valence-electron chi connectivity index (χ3n) is 1.80. The number of urea groups is 1. The summed E-state index contributed by atoms with van der Waals surface area (Å²) in [6.07, 6.45) is 2.00. The molecule has 0 aromatic carbocycles. The van der Waals surface area contributed by atoms with Gasteiger partial charge < -0.3 is 19.9 Å². The Hall–Kier alpha value is -1.93. The molecule has 3 amide bonds. The molecule has 108 valence electrons. The molecule has 0 aliphatic heterocycles. The van der Waals surface area contributed by atoms with E-state index in [0.29, 0.717) is 38.9 Å². The molecule has 0 fully saturated rings. The Morgan fingerprint density at radius 2 is 1.89 bits per heavy atom. The molecule has 0 unspecified atom stereocenters. The molecule has 0 aromatic rings. The first-order valence-electron chi connectivity index (χ1n) is 5.62. The van der Waals surface area contributed by atoms with Gasteiger partial charge in [0.2, 0.25) is 0 Å². The molecule has 8 heteroatoms. The molecular formula is C11H18N2O6. The molecule has 0 atom stereocenters. The van der Waals surface area contributed by atoms with Crippen LogP contribution in [-0.4, -0.2) is 56.5 Å². The maximum absolute atomic E-state index is 11.1. The number of carboxylic acids is 1. The third-order valence-corrected chi connectivity index (χ3v) is 1.80. The number of imide groups is 1. The summed E-state index contributed by atoms with van der Waals surface area (Å²) in [5, 5.41) is 12.6. The van der Waals surface area contributed by atoms with Gasteiger partial charge in [-0.1, -0.05) is 0 Å². The maximum Gasteiger partial charge on any atom is 0.328 e. The summed E-state index contributed by atoms with van der Waals surface area (Å²) < 4.78 is 9.94. The summed E-state index contributed by atoms with van der Waals surface area (Å²) in [6, 6.07) is -0.683. The van der Waals surface area contributed by atoms with E-state index in [2.05, 4.69) is 5.32 Å². The number of carbonyl (C=O) groups is 3. The van der Waals surface area contributed by atoms with Gasteiger partial charge in [-0.15, -0.1) is 0 Å². The molecule has 19 heavy (non-hydrogen) atoms. The van der Waals surface area contributed by atoms with Gasteiger partial charge in [0.15, 0.2) is 0 Å². The molecular weight excluding hydrogens is 256 g/mol. The number of hydrogen-bond donors (Lipinski definition) is 3. The molecule has 0 rings (SSSR count). The molecule has 0 saturated heterocycles. The van der Waals surface area contributed by atoms with E-state index < -0.39 is 17.9 Å². The second kappa shape index (κ2) is 11.2. The molecule has 0 radical (unpaired) electrons. The highest BCUT2D eigenvalue weighted by atomic mass is 16.5. The van der Waals surface area contributed by atoms with Crippen molar-refractivity contribution < 1.29 is 29.0 Å². The molecule has 0 bridgehead atoms. The quantitative estimate of drug-likeness (QED) is 0.386. The Bertz CT molecular complexity index is 329. The van der Waals surface area contributed by atoms with Crippen molar-refractivity contribution in [3.63, 3.8) is 0 Å². The zero-order chi connectivity index (χ0) is 14.5. The van der Waals surface area contributed by atoms with E-state index in [0.717, 1.165) is 6.08 Å². The number of rotatable bonds is 9. The van der Waals surface area contributed by atoms with Crippen LogP contribution in [-0.2, 0) is 19.1 Å². The van der Waals surface area contributed by atoms with Gasteiger partial charge in [-0.25, -0.2) is 9.59 Å². The van der Waals surface area contributed by atoms with E-state index in [1.165, 1.54) is 0 Å². The molecule has 0 aromatic heterocycles. The molecule has 0 aliphatic carbocycles. The molecule has 8 nitrogen and oxygen atoms in total. The SMILES string of the molecule is COCCOCCCNC(=O)NC(=O)/C=C/C(=O)O. The van der Waals surface area contributed by atoms with E-state index in [1.54, 1.807) is 7.11 Å². The number of hydrogen-bond acceptors (Lipinski definition) is 5. The zero-order valence-corrected chi connectivity index (χ0v) is 10.7. The Kier molecular flexibility index (Phi) is 10.0. The van der Waals surface area contributed by atoms with Crippen LogP contribution < -0.4 is 10.6 Å². The van der Waals surface area contributed by atoms with E-state index in [1.807, 2.05) is 5.32 Å². The predicted molar refractivity (Wildman–Crippen MR) is 65.6 cm³/mol. The Morgan fingerprint density at radius 1 is 1.16 bits per heavy atom. The molecule has 0 aliphatic rings. The first-order valence-corrected chi connectivity index (χ1v) is 5.62. The van der Waals surface area contributed by atoms with Crippen molar-refractivity contribution in [1.82, 2.24) is 10.6 Å². The highest BCUT2D eigenvalue weighted by Crippen LogP contribution is 1.82. The first-order chi connectivity index (χ1) is 9.06. The van der Waals surface area contributed by atoms with Crippen LogP contribution in [0.1, 0.15) is 6.42 Å². The van der Waals surface area contributed by atoms with Crippen LogP contribution in [0.3, 0.4) is 0 Å². The lowest BCUT2D eigenvalue weighted by Crippen LogP contribution is -2.39. The van der Waals surface area contributed by atoms with Gasteiger partial charge >= 0.3 is 12.0 Å². The van der Waals surface area contributed by atoms with E-state index in [9.17, 15) is 14.4 Å².